The Hall–Kier alpha value is -2.66. The van der Waals surface area contributed by atoms with E-state index in [1.54, 1.807) is 18.4 Å². The van der Waals surface area contributed by atoms with Crippen molar-refractivity contribution in [3.63, 3.8) is 0 Å². The lowest BCUT2D eigenvalue weighted by molar-refractivity contribution is -0.117. The van der Waals surface area contributed by atoms with Crippen LogP contribution in [0, 0.1) is 5.92 Å². The number of benzene rings is 2. The molecule has 1 fully saturated rings. The lowest BCUT2D eigenvalue weighted by atomic mass is 10.1. The minimum atomic E-state index is 0.119. The number of amides is 1. The number of hydrogen-bond acceptors (Lipinski definition) is 4. The Bertz CT molecular complexity index is 915. The van der Waals surface area contributed by atoms with Gasteiger partial charge in [-0.1, -0.05) is 24.3 Å². The molecular formula is C20H18N2O2S. The average molecular weight is 350 g/mol. The van der Waals surface area contributed by atoms with Gasteiger partial charge < -0.3 is 10.1 Å². The summed E-state index contributed by atoms with van der Waals surface area (Å²) in [5.41, 5.74) is 3.78. The first kappa shape index (κ1) is 15.8. The summed E-state index contributed by atoms with van der Waals surface area (Å²) in [6.07, 6.45) is 2.00. The van der Waals surface area contributed by atoms with E-state index in [-0.39, 0.29) is 11.8 Å². The van der Waals surface area contributed by atoms with Crippen LogP contribution in [0.4, 0.5) is 5.69 Å². The summed E-state index contributed by atoms with van der Waals surface area (Å²) in [6.45, 7) is 0. The largest absolute Gasteiger partial charge is 0.497 e. The van der Waals surface area contributed by atoms with E-state index in [1.165, 1.54) is 0 Å². The van der Waals surface area contributed by atoms with Crippen molar-refractivity contribution >= 4 is 22.9 Å². The number of rotatable bonds is 5. The Kier molecular flexibility index (Phi) is 4.24. The van der Waals surface area contributed by atoms with Gasteiger partial charge in [0, 0.05) is 28.1 Å². The summed E-state index contributed by atoms with van der Waals surface area (Å²) < 4.78 is 5.28. The molecule has 0 unspecified atom stereocenters. The van der Waals surface area contributed by atoms with E-state index in [4.69, 9.17) is 9.72 Å². The highest BCUT2D eigenvalue weighted by Crippen LogP contribution is 2.33. The van der Waals surface area contributed by atoms with Gasteiger partial charge >= 0.3 is 0 Å². The van der Waals surface area contributed by atoms with Gasteiger partial charge in [-0.25, -0.2) is 4.98 Å². The minimum absolute atomic E-state index is 0.119. The van der Waals surface area contributed by atoms with Crippen LogP contribution in [0.15, 0.2) is 53.9 Å². The maximum Gasteiger partial charge on any atom is 0.227 e. The minimum Gasteiger partial charge on any atom is -0.497 e. The molecule has 4 nitrogen and oxygen atoms in total. The molecule has 0 bridgehead atoms. The van der Waals surface area contributed by atoms with Crippen molar-refractivity contribution in [1.29, 1.82) is 0 Å². The fourth-order valence-electron chi connectivity index (χ4n) is 2.64. The van der Waals surface area contributed by atoms with E-state index in [2.05, 4.69) is 5.32 Å². The molecule has 1 heterocycles. The fraction of sp³-hybridized carbons (Fsp3) is 0.200. The van der Waals surface area contributed by atoms with E-state index in [0.29, 0.717) is 0 Å². The van der Waals surface area contributed by atoms with Crippen LogP contribution in [0.25, 0.3) is 21.8 Å². The third-order valence-corrected chi connectivity index (χ3v) is 5.09. The van der Waals surface area contributed by atoms with Crippen molar-refractivity contribution in [2.45, 2.75) is 12.8 Å². The molecule has 2 aromatic carbocycles. The molecule has 0 radical (unpaired) electrons. The van der Waals surface area contributed by atoms with Gasteiger partial charge in [0.1, 0.15) is 10.8 Å². The van der Waals surface area contributed by atoms with E-state index >= 15 is 0 Å². The van der Waals surface area contributed by atoms with Gasteiger partial charge in [-0.15, -0.1) is 11.3 Å². The first-order chi connectivity index (χ1) is 12.2. The van der Waals surface area contributed by atoms with Crippen molar-refractivity contribution in [2.75, 3.05) is 12.4 Å². The SMILES string of the molecule is COc1cccc(-c2csc(-c3cccc(NC(=O)C4CC4)c3)n2)c1. The predicted octanol–water partition coefficient (Wildman–Crippen LogP) is 4.83. The zero-order chi connectivity index (χ0) is 17.2. The van der Waals surface area contributed by atoms with Gasteiger partial charge in [-0.2, -0.15) is 0 Å². The molecule has 126 valence electrons. The monoisotopic (exact) mass is 350 g/mol. The standard InChI is InChI=1S/C20H18N2O2S/c1-24-17-7-3-4-14(11-17)18-12-25-20(22-18)15-5-2-6-16(10-15)21-19(23)13-8-9-13/h2-7,10-13H,8-9H2,1H3,(H,21,23). The van der Waals surface area contributed by atoms with Gasteiger partial charge in [0.05, 0.1) is 12.8 Å². The number of thiazole rings is 1. The number of hydrogen-bond donors (Lipinski definition) is 1. The summed E-state index contributed by atoms with van der Waals surface area (Å²) in [6, 6.07) is 15.7. The van der Waals surface area contributed by atoms with Crippen molar-refractivity contribution < 1.29 is 9.53 Å². The maximum atomic E-state index is 11.9. The number of nitrogens with zero attached hydrogens (tertiary/aromatic N) is 1. The zero-order valence-electron chi connectivity index (χ0n) is 13.9. The highest BCUT2D eigenvalue weighted by molar-refractivity contribution is 7.13. The van der Waals surface area contributed by atoms with E-state index < -0.39 is 0 Å². The van der Waals surface area contributed by atoms with E-state index in [9.17, 15) is 4.79 Å². The summed E-state index contributed by atoms with van der Waals surface area (Å²) in [5.74, 6) is 1.13. The molecule has 1 amide bonds. The third-order valence-electron chi connectivity index (χ3n) is 4.19. The highest BCUT2D eigenvalue weighted by Gasteiger charge is 2.29. The predicted molar refractivity (Wildman–Crippen MR) is 101 cm³/mol. The Balaban J connectivity index is 1.58. The number of carbonyl (C=O) groups is 1. The van der Waals surface area contributed by atoms with Gasteiger partial charge in [-0.05, 0) is 37.1 Å². The summed E-state index contributed by atoms with van der Waals surface area (Å²) >= 11 is 1.59. The number of ether oxygens (including phenoxy) is 1. The summed E-state index contributed by atoms with van der Waals surface area (Å²) in [5, 5.41) is 5.96. The van der Waals surface area contributed by atoms with Crippen molar-refractivity contribution in [2.24, 2.45) is 5.92 Å². The van der Waals surface area contributed by atoms with Crippen LogP contribution in [0.2, 0.25) is 0 Å². The van der Waals surface area contributed by atoms with Crippen LogP contribution in [-0.2, 0) is 4.79 Å². The quantitative estimate of drug-likeness (QED) is 0.717. The molecule has 3 aromatic rings. The Labute approximate surface area is 150 Å². The molecule has 25 heavy (non-hydrogen) atoms. The van der Waals surface area contributed by atoms with Crippen LogP contribution < -0.4 is 10.1 Å². The van der Waals surface area contributed by atoms with Crippen LogP contribution >= 0.6 is 11.3 Å². The van der Waals surface area contributed by atoms with Gasteiger partial charge in [0.2, 0.25) is 5.91 Å². The van der Waals surface area contributed by atoms with Gasteiger partial charge in [-0.3, -0.25) is 4.79 Å². The molecular weight excluding hydrogens is 332 g/mol. The zero-order valence-corrected chi connectivity index (χ0v) is 14.7. The molecule has 0 aliphatic heterocycles. The van der Waals surface area contributed by atoms with Gasteiger partial charge in [0.25, 0.3) is 0 Å². The molecule has 0 spiro atoms. The first-order valence-corrected chi connectivity index (χ1v) is 9.12. The van der Waals surface area contributed by atoms with Crippen LogP contribution in [-0.4, -0.2) is 18.0 Å². The second-order valence-corrected chi connectivity index (χ2v) is 6.97. The van der Waals surface area contributed by atoms with E-state index in [0.717, 1.165) is 46.1 Å². The molecule has 1 aliphatic rings. The lowest BCUT2D eigenvalue weighted by Crippen LogP contribution is -2.13. The fourth-order valence-corrected chi connectivity index (χ4v) is 3.47. The summed E-state index contributed by atoms with van der Waals surface area (Å²) in [4.78, 5) is 16.7. The molecule has 1 aliphatic carbocycles. The molecule has 0 saturated heterocycles. The second-order valence-electron chi connectivity index (χ2n) is 6.11. The Morgan fingerprint density at radius 2 is 1.96 bits per heavy atom. The smallest absolute Gasteiger partial charge is 0.227 e. The Morgan fingerprint density at radius 3 is 2.76 bits per heavy atom. The third kappa shape index (κ3) is 3.56. The average Bonchev–Trinajstić information content (AvgIpc) is 3.39. The lowest BCUT2D eigenvalue weighted by Gasteiger charge is -2.05. The summed E-state index contributed by atoms with van der Waals surface area (Å²) in [7, 11) is 1.66. The highest BCUT2D eigenvalue weighted by atomic mass is 32.1. The van der Waals surface area contributed by atoms with Crippen molar-refractivity contribution in [1.82, 2.24) is 4.98 Å². The molecule has 4 rings (SSSR count). The normalized spacial score (nSPS) is 13.5. The van der Waals surface area contributed by atoms with Crippen LogP contribution in [0.3, 0.4) is 0 Å². The Morgan fingerprint density at radius 1 is 1.16 bits per heavy atom. The van der Waals surface area contributed by atoms with Crippen molar-refractivity contribution in [3.8, 4) is 27.6 Å². The van der Waals surface area contributed by atoms with Gasteiger partial charge in [0.15, 0.2) is 0 Å². The molecule has 0 atom stereocenters. The van der Waals surface area contributed by atoms with Crippen LogP contribution in [0.5, 0.6) is 5.75 Å². The number of methoxy groups -OCH3 is 1. The molecule has 1 aromatic heterocycles. The van der Waals surface area contributed by atoms with Crippen LogP contribution in [0.1, 0.15) is 12.8 Å². The molecule has 5 heteroatoms. The molecule has 1 N–H and O–H groups in total. The second kappa shape index (κ2) is 6.69. The number of carbonyl (C=O) groups excluding carboxylic acids is 1. The van der Waals surface area contributed by atoms with Crippen molar-refractivity contribution in [3.05, 3.63) is 53.9 Å². The number of aromatic nitrogens is 1. The molecule has 1 saturated carbocycles. The maximum absolute atomic E-state index is 11.9. The number of anilines is 1. The number of nitrogens with one attached hydrogen (secondary N) is 1. The first-order valence-electron chi connectivity index (χ1n) is 8.24. The van der Waals surface area contributed by atoms with E-state index in [1.807, 2.05) is 53.9 Å². The topological polar surface area (TPSA) is 51.2 Å².